The first-order valence-electron chi connectivity index (χ1n) is 7.40. The lowest BCUT2D eigenvalue weighted by molar-refractivity contribution is -0.127. The normalized spacial score (nSPS) is 19.8. The van der Waals surface area contributed by atoms with Gasteiger partial charge in [-0.1, -0.05) is 38.5 Å². The van der Waals surface area contributed by atoms with Crippen LogP contribution in [0.4, 0.5) is 0 Å². The van der Waals surface area contributed by atoms with Gasteiger partial charge in [-0.3, -0.25) is 4.79 Å². The Hall–Kier alpha value is -0.610. The number of hydrogen-bond acceptors (Lipinski definition) is 3. The highest BCUT2D eigenvalue weighted by atomic mass is 16.3. The Balaban J connectivity index is 1.85. The van der Waals surface area contributed by atoms with Crippen molar-refractivity contribution >= 4 is 5.91 Å². The molecule has 1 amide bonds. The minimum atomic E-state index is -0.431. The van der Waals surface area contributed by atoms with Gasteiger partial charge in [-0.25, -0.2) is 0 Å². The number of β-amino-alcohol motifs (C(OH)–C–C–N with tert-alkyl or cyclic N) is 1. The molecule has 0 spiro atoms. The highest BCUT2D eigenvalue weighted by Crippen LogP contribution is 2.13. The zero-order valence-electron chi connectivity index (χ0n) is 11.4. The van der Waals surface area contributed by atoms with Gasteiger partial charge in [0.15, 0.2) is 0 Å². The SMILES string of the molecule is NCCCCCCCCCCN1CC(O)CC1=O. The molecule has 1 aliphatic heterocycles. The smallest absolute Gasteiger partial charge is 0.225 e. The molecule has 4 nitrogen and oxygen atoms in total. The molecule has 0 aromatic rings. The first-order chi connectivity index (χ1) is 8.74. The fraction of sp³-hybridized carbons (Fsp3) is 0.929. The summed E-state index contributed by atoms with van der Waals surface area (Å²) >= 11 is 0. The van der Waals surface area contributed by atoms with Gasteiger partial charge in [0.25, 0.3) is 0 Å². The number of carbonyl (C=O) groups excluding carboxylic acids is 1. The highest BCUT2D eigenvalue weighted by molar-refractivity contribution is 5.78. The number of amides is 1. The molecule has 1 saturated heterocycles. The molecule has 0 saturated carbocycles. The van der Waals surface area contributed by atoms with E-state index in [1.807, 2.05) is 0 Å². The molecule has 0 aromatic carbocycles. The summed E-state index contributed by atoms with van der Waals surface area (Å²) in [6, 6.07) is 0. The molecular weight excluding hydrogens is 228 g/mol. The number of aliphatic hydroxyl groups is 1. The largest absolute Gasteiger partial charge is 0.391 e. The predicted molar refractivity (Wildman–Crippen MR) is 73.2 cm³/mol. The summed E-state index contributed by atoms with van der Waals surface area (Å²) in [6.07, 6.45) is 9.72. The number of aliphatic hydroxyl groups excluding tert-OH is 1. The molecule has 18 heavy (non-hydrogen) atoms. The van der Waals surface area contributed by atoms with Gasteiger partial charge in [0.2, 0.25) is 5.91 Å². The summed E-state index contributed by atoms with van der Waals surface area (Å²) in [5.74, 6) is 0.115. The molecule has 0 bridgehead atoms. The summed E-state index contributed by atoms with van der Waals surface area (Å²) < 4.78 is 0. The second-order valence-corrected chi connectivity index (χ2v) is 5.31. The number of rotatable bonds is 10. The predicted octanol–water partition coefficient (Wildman–Crippen LogP) is 1.66. The van der Waals surface area contributed by atoms with Crippen LogP contribution in [-0.2, 0) is 4.79 Å². The van der Waals surface area contributed by atoms with Gasteiger partial charge in [0.05, 0.1) is 12.5 Å². The van der Waals surface area contributed by atoms with Crippen LogP contribution in [0, 0.1) is 0 Å². The molecule has 1 rings (SSSR count). The Bertz CT molecular complexity index is 234. The van der Waals surface area contributed by atoms with Gasteiger partial charge >= 0.3 is 0 Å². The second kappa shape index (κ2) is 9.34. The van der Waals surface area contributed by atoms with E-state index in [1.54, 1.807) is 4.90 Å². The van der Waals surface area contributed by atoms with Crippen molar-refractivity contribution in [3.05, 3.63) is 0 Å². The van der Waals surface area contributed by atoms with Crippen LogP contribution in [0.2, 0.25) is 0 Å². The number of nitrogens with zero attached hydrogens (tertiary/aromatic N) is 1. The Kier molecular flexibility index (Phi) is 8.01. The molecule has 1 fully saturated rings. The third-order valence-electron chi connectivity index (χ3n) is 3.58. The lowest BCUT2D eigenvalue weighted by atomic mass is 10.1. The minimum absolute atomic E-state index is 0.115. The second-order valence-electron chi connectivity index (χ2n) is 5.31. The van der Waals surface area contributed by atoms with E-state index in [1.165, 1.54) is 38.5 Å². The average Bonchev–Trinajstić information content (AvgIpc) is 2.66. The molecule has 1 unspecified atom stereocenters. The number of unbranched alkanes of at least 4 members (excludes halogenated alkanes) is 7. The fourth-order valence-electron chi connectivity index (χ4n) is 2.48. The Labute approximate surface area is 111 Å². The topological polar surface area (TPSA) is 66.6 Å². The van der Waals surface area contributed by atoms with Crippen molar-refractivity contribution in [1.29, 1.82) is 0 Å². The van der Waals surface area contributed by atoms with Crippen molar-refractivity contribution in [3.63, 3.8) is 0 Å². The number of likely N-dealkylation sites (tertiary alicyclic amines) is 1. The van der Waals surface area contributed by atoms with Crippen LogP contribution in [-0.4, -0.2) is 41.7 Å². The van der Waals surface area contributed by atoms with E-state index < -0.39 is 6.10 Å². The van der Waals surface area contributed by atoms with Crippen LogP contribution >= 0.6 is 0 Å². The van der Waals surface area contributed by atoms with Crippen LogP contribution in [0.1, 0.15) is 57.8 Å². The molecule has 0 aromatic heterocycles. The zero-order chi connectivity index (χ0) is 13.2. The molecular formula is C14H28N2O2. The van der Waals surface area contributed by atoms with E-state index in [0.29, 0.717) is 13.0 Å². The lowest BCUT2D eigenvalue weighted by Crippen LogP contribution is -2.26. The van der Waals surface area contributed by atoms with E-state index in [2.05, 4.69) is 0 Å². The van der Waals surface area contributed by atoms with Crippen LogP contribution in [0.25, 0.3) is 0 Å². The van der Waals surface area contributed by atoms with Crippen LogP contribution in [0.3, 0.4) is 0 Å². The van der Waals surface area contributed by atoms with Gasteiger partial charge in [-0.05, 0) is 19.4 Å². The van der Waals surface area contributed by atoms with Crippen LogP contribution < -0.4 is 5.73 Å². The van der Waals surface area contributed by atoms with Crippen molar-refractivity contribution in [1.82, 2.24) is 4.90 Å². The quantitative estimate of drug-likeness (QED) is 0.584. The van der Waals surface area contributed by atoms with E-state index in [-0.39, 0.29) is 5.91 Å². The van der Waals surface area contributed by atoms with Crippen molar-refractivity contribution in [2.24, 2.45) is 5.73 Å². The van der Waals surface area contributed by atoms with Gasteiger partial charge in [-0.15, -0.1) is 0 Å². The fourth-order valence-corrected chi connectivity index (χ4v) is 2.48. The summed E-state index contributed by atoms with van der Waals surface area (Å²) in [6.45, 7) is 2.18. The number of hydrogen-bond donors (Lipinski definition) is 2. The summed E-state index contributed by atoms with van der Waals surface area (Å²) in [7, 11) is 0. The Morgan fingerprint density at radius 1 is 1.06 bits per heavy atom. The average molecular weight is 256 g/mol. The lowest BCUT2D eigenvalue weighted by Gasteiger charge is -2.15. The first-order valence-corrected chi connectivity index (χ1v) is 7.40. The van der Waals surface area contributed by atoms with E-state index in [0.717, 1.165) is 25.9 Å². The maximum Gasteiger partial charge on any atom is 0.225 e. The monoisotopic (exact) mass is 256 g/mol. The third-order valence-corrected chi connectivity index (χ3v) is 3.58. The standard InChI is InChI=1S/C14H28N2O2/c15-9-7-5-3-1-2-4-6-8-10-16-12-13(17)11-14(16)18/h13,17H,1-12,15H2. The molecule has 0 aliphatic carbocycles. The Morgan fingerprint density at radius 3 is 2.11 bits per heavy atom. The van der Waals surface area contributed by atoms with Gasteiger partial charge in [0, 0.05) is 13.1 Å². The maximum atomic E-state index is 11.4. The highest BCUT2D eigenvalue weighted by Gasteiger charge is 2.26. The molecule has 1 heterocycles. The van der Waals surface area contributed by atoms with Crippen LogP contribution in [0.5, 0.6) is 0 Å². The number of carbonyl (C=O) groups is 1. The van der Waals surface area contributed by atoms with Gasteiger partial charge in [0.1, 0.15) is 0 Å². The molecule has 106 valence electrons. The first kappa shape index (κ1) is 15.4. The van der Waals surface area contributed by atoms with E-state index in [4.69, 9.17) is 5.73 Å². The molecule has 1 atom stereocenters. The van der Waals surface area contributed by atoms with Crippen LogP contribution in [0.15, 0.2) is 0 Å². The summed E-state index contributed by atoms with van der Waals surface area (Å²) in [5.41, 5.74) is 5.44. The molecule has 0 radical (unpaired) electrons. The number of nitrogens with two attached hydrogens (primary N) is 1. The van der Waals surface area contributed by atoms with E-state index in [9.17, 15) is 9.90 Å². The van der Waals surface area contributed by atoms with Crippen molar-refractivity contribution < 1.29 is 9.90 Å². The summed E-state index contributed by atoms with van der Waals surface area (Å²) in [4.78, 5) is 13.2. The maximum absolute atomic E-state index is 11.4. The third kappa shape index (κ3) is 6.36. The van der Waals surface area contributed by atoms with Crippen molar-refractivity contribution in [2.45, 2.75) is 63.9 Å². The minimum Gasteiger partial charge on any atom is -0.391 e. The molecule has 1 aliphatic rings. The van der Waals surface area contributed by atoms with E-state index >= 15 is 0 Å². The van der Waals surface area contributed by atoms with Crippen molar-refractivity contribution in [3.8, 4) is 0 Å². The molecule has 4 heteroatoms. The summed E-state index contributed by atoms with van der Waals surface area (Å²) in [5, 5.41) is 9.34. The molecule has 3 N–H and O–H groups in total. The van der Waals surface area contributed by atoms with Gasteiger partial charge < -0.3 is 15.7 Å². The van der Waals surface area contributed by atoms with Crippen molar-refractivity contribution in [2.75, 3.05) is 19.6 Å². The van der Waals surface area contributed by atoms with Gasteiger partial charge in [-0.2, -0.15) is 0 Å². The zero-order valence-corrected chi connectivity index (χ0v) is 11.4. The Morgan fingerprint density at radius 2 is 1.61 bits per heavy atom.